The molecule has 2 heteroatoms. The summed E-state index contributed by atoms with van der Waals surface area (Å²) in [5.74, 6) is 0. The molecule has 0 amide bonds. The molecule has 44 heavy (non-hydrogen) atoms. The molecule has 2 aliphatic rings. The number of aromatic amines is 1. The first-order valence-electron chi connectivity index (χ1n) is 16.1. The van der Waals surface area contributed by atoms with Gasteiger partial charge < -0.3 is 9.55 Å². The van der Waals surface area contributed by atoms with E-state index in [-0.39, 0.29) is 5.41 Å². The Labute approximate surface area is 256 Å². The van der Waals surface area contributed by atoms with E-state index in [9.17, 15) is 0 Å². The van der Waals surface area contributed by atoms with Crippen LogP contribution in [0.4, 0.5) is 0 Å². The summed E-state index contributed by atoms with van der Waals surface area (Å²) < 4.78 is 2.50. The number of aromatic nitrogens is 2. The van der Waals surface area contributed by atoms with Crippen molar-refractivity contribution in [3.05, 3.63) is 139 Å². The molecule has 0 atom stereocenters. The first-order valence-corrected chi connectivity index (χ1v) is 16.1. The minimum absolute atomic E-state index is 0.135. The lowest BCUT2D eigenvalue weighted by Gasteiger charge is -2.36. The lowest BCUT2D eigenvalue weighted by atomic mass is 9.68. The van der Waals surface area contributed by atoms with Crippen LogP contribution < -0.4 is 0 Å². The Morgan fingerprint density at radius 2 is 1.18 bits per heavy atom. The minimum atomic E-state index is 0.135. The van der Waals surface area contributed by atoms with Gasteiger partial charge in [-0.25, -0.2) is 0 Å². The standard InChI is InChI=1S/C42H32N2/c1-3-11-29(12-4-1)44-40-20-18-28(27-17-19-39-33(23-27)31-14-6-8-16-38(31)43-39)24-34(40)35-25-32-30-13-5-7-15-36(30)42(21-9-2-10-22-42)37(32)26-41(35)44/h1,3-8,11-20,23-26,43H,2,9-10,21-22H2. The van der Waals surface area contributed by atoms with E-state index in [4.69, 9.17) is 0 Å². The smallest absolute Gasteiger partial charge is 0.0544 e. The van der Waals surface area contributed by atoms with Crippen molar-refractivity contribution in [2.75, 3.05) is 0 Å². The molecule has 0 radical (unpaired) electrons. The fraction of sp³-hybridized carbons (Fsp3) is 0.143. The molecule has 2 aliphatic carbocycles. The number of H-pyrrole nitrogens is 1. The normalized spacial score (nSPS) is 15.5. The van der Waals surface area contributed by atoms with Gasteiger partial charge in [0.05, 0.1) is 11.0 Å². The lowest BCUT2D eigenvalue weighted by Crippen LogP contribution is -2.28. The molecular formula is C42H32N2. The van der Waals surface area contributed by atoms with Gasteiger partial charge in [0.15, 0.2) is 0 Å². The lowest BCUT2D eigenvalue weighted by molar-refractivity contribution is 0.353. The molecule has 10 rings (SSSR count). The fourth-order valence-electron chi connectivity index (χ4n) is 8.72. The zero-order chi connectivity index (χ0) is 28.8. The van der Waals surface area contributed by atoms with Gasteiger partial charge in [-0.15, -0.1) is 0 Å². The predicted octanol–water partition coefficient (Wildman–Crippen LogP) is 11.3. The zero-order valence-electron chi connectivity index (χ0n) is 24.6. The Morgan fingerprint density at radius 1 is 0.477 bits per heavy atom. The molecule has 1 spiro atoms. The van der Waals surface area contributed by atoms with E-state index >= 15 is 0 Å². The van der Waals surface area contributed by atoms with Gasteiger partial charge in [-0.3, -0.25) is 0 Å². The Kier molecular flexibility index (Phi) is 4.97. The van der Waals surface area contributed by atoms with Crippen LogP contribution in [0.2, 0.25) is 0 Å². The molecule has 1 N–H and O–H groups in total. The van der Waals surface area contributed by atoms with Crippen molar-refractivity contribution < 1.29 is 0 Å². The summed E-state index contributed by atoms with van der Waals surface area (Å²) in [6, 6.07) is 47.8. The number of benzene rings is 6. The molecule has 0 aliphatic heterocycles. The van der Waals surface area contributed by atoms with Crippen molar-refractivity contribution in [1.29, 1.82) is 0 Å². The molecule has 1 fully saturated rings. The Morgan fingerprint density at radius 3 is 2.07 bits per heavy atom. The fourth-order valence-corrected chi connectivity index (χ4v) is 8.72. The monoisotopic (exact) mass is 564 g/mol. The third-order valence-electron chi connectivity index (χ3n) is 10.7. The number of hydrogen-bond acceptors (Lipinski definition) is 0. The number of para-hydroxylation sites is 2. The van der Waals surface area contributed by atoms with Crippen LogP contribution in [0.25, 0.3) is 71.6 Å². The molecule has 1 saturated carbocycles. The minimum Gasteiger partial charge on any atom is -0.355 e. The summed E-state index contributed by atoms with van der Waals surface area (Å²) in [6.45, 7) is 0. The molecule has 6 aromatic carbocycles. The Bertz CT molecular complexity index is 2410. The van der Waals surface area contributed by atoms with E-state index in [2.05, 4.69) is 137 Å². The van der Waals surface area contributed by atoms with Gasteiger partial charge in [-0.2, -0.15) is 0 Å². The average molecular weight is 565 g/mol. The Balaban J connectivity index is 1.26. The highest BCUT2D eigenvalue weighted by Crippen LogP contribution is 2.57. The van der Waals surface area contributed by atoms with Crippen LogP contribution in [-0.4, -0.2) is 9.55 Å². The average Bonchev–Trinajstić information content (AvgIpc) is 3.70. The number of nitrogens with one attached hydrogen (secondary N) is 1. The van der Waals surface area contributed by atoms with E-state index in [1.54, 1.807) is 5.56 Å². The number of fused-ring (bicyclic) bond motifs is 11. The Hall–Kier alpha value is -5.08. The highest BCUT2D eigenvalue weighted by molar-refractivity contribution is 6.13. The zero-order valence-corrected chi connectivity index (χ0v) is 24.6. The molecule has 0 saturated heterocycles. The van der Waals surface area contributed by atoms with Crippen molar-refractivity contribution in [3.8, 4) is 27.9 Å². The molecule has 210 valence electrons. The summed E-state index contributed by atoms with van der Waals surface area (Å²) in [6.07, 6.45) is 6.44. The van der Waals surface area contributed by atoms with Gasteiger partial charge in [0, 0.05) is 43.7 Å². The third kappa shape index (κ3) is 3.26. The van der Waals surface area contributed by atoms with Gasteiger partial charge in [0.25, 0.3) is 0 Å². The first kappa shape index (κ1) is 24.4. The van der Waals surface area contributed by atoms with E-state index < -0.39 is 0 Å². The summed E-state index contributed by atoms with van der Waals surface area (Å²) in [5.41, 5.74) is 14.8. The van der Waals surface area contributed by atoms with Crippen molar-refractivity contribution >= 4 is 43.6 Å². The molecule has 2 nitrogen and oxygen atoms in total. The van der Waals surface area contributed by atoms with Crippen LogP contribution in [0.5, 0.6) is 0 Å². The molecular weight excluding hydrogens is 532 g/mol. The van der Waals surface area contributed by atoms with E-state index in [0.717, 1.165) is 0 Å². The third-order valence-corrected chi connectivity index (χ3v) is 10.7. The molecule has 8 aromatic rings. The molecule has 2 heterocycles. The highest BCUT2D eigenvalue weighted by Gasteiger charge is 2.44. The topological polar surface area (TPSA) is 20.7 Å². The molecule has 0 unspecified atom stereocenters. The second-order valence-electron chi connectivity index (χ2n) is 12.9. The number of rotatable bonds is 2. The van der Waals surface area contributed by atoms with E-state index in [1.807, 2.05) is 0 Å². The van der Waals surface area contributed by atoms with E-state index in [1.165, 1.54) is 109 Å². The highest BCUT2D eigenvalue weighted by atomic mass is 15.0. The van der Waals surface area contributed by atoms with Crippen LogP contribution >= 0.6 is 0 Å². The second-order valence-corrected chi connectivity index (χ2v) is 12.9. The second kappa shape index (κ2) is 8.97. The summed E-state index contributed by atoms with van der Waals surface area (Å²) in [4.78, 5) is 3.59. The quantitative estimate of drug-likeness (QED) is 0.216. The van der Waals surface area contributed by atoms with Gasteiger partial charge in [-0.05, 0) is 101 Å². The van der Waals surface area contributed by atoms with Crippen molar-refractivity contribution in [1.82, 2.24) is 9.55 Å². The predicted molar refractivity (Wildman–Crippen MR) is 185 cm³/mol. The van der Waals surface area contributed by atoms with Gasteiger partial charge in [0.1, 0.15) is 0 Å². The van der Waals surface area contributed by atoms with Crippen LogP contribution in [-0.2, 0) is 5.41 Å². The number of nitrogens with zero attached hydrogens (tertiary/aromatic N) is 1. The molecule has 0 bridgehead atoms. The van der Waals surface area contributed by atoms with E-state index in [0.29, 0.717) is 0 Å². The first-order chi connectivity index (χ1) is 21.8. The van der Waals surface area contributed by atoms with Crippen LogP contribution in [0.1, 0.15) is 43.2 Å². The van der Waals surface area contributed by atoms with Crippen molar-refractivity contribution in [2.45, 2.75) is 37.5 Å². The van der Waals surface area contributed by atoms with Crippen molar-refractivity contribution in [2.24, 2.45) is 0 Å². The van der Waals surface area contributed by atoms with Gasteiger partial charge in [-0.1, -0.05) is 92.1 Å². The van der Waals surface area contributed by atoms with Crippen molar-refractivity contribution in [3.63, 3.8) is 0 Å². The summed E-state index contributed by atoms with van der Waals surface area (Å²) in [5, 5.41) is 5.19. The van der Waals surface area contributed by atoms with Crippen LogP contribution in [0.15, 0.2) is 127 Å². The maximum atomic E-state index is 3.59. The summed E-state index contributed by atoms with van der Waals surface area (Å²) >= 11 is 0. The van der Waals surface area contributed by atoms with Gasteiger partial charge >= 0.3 is 0 Å². The van der Waals surface area contributed by atoms with Gasteiger partial charge in [0.2, 0.25) is 0 Å². The maximum Gasteiger partial charge on any atom is 0.0544 e. The SMILES string of the molecule is c1ccc(-n2c3ccc(-c4ccc5[nH]c6ccccc6c5c4)cc3c3cc4c(cc32)C2(CCCCC2)c2ccccc2-4)cc1. The summed E-state index contributed by atoms with van der Waals surface area (Å²) in [7, 11) is 0. The van der Waals surface area contributed by atoms with Crippen LogP contribution in [0, 0.1) is 0 Å². The largest absolute Gasteiger partial charge is 0.355 e. The number of hydrogen-bond donors (Lipinski definition) is 1. The maximum absolute atomic E-state index is 3.59. The molecule has 2 aromatic heterocycles. The van der Waals surface area contributed by atoms with Crippen LogP contribution in [0.3, 0.4) is 0 Å².